The molecule has 0 saturated carbocycles. The maximum Gasteiger partial charge on any atom is 0.274 e. The van der Waals surface area contributed by atoms with Crippen molar-refractivity contribution >= 4 is 10.1 Å². The predicted octanol–water partition coefficient (Wildman–Crippen LogP) is 1.26. The van der Waals surface area contributed by atoms with E-state index in [1.807, 2.05) is 0 Å². The third-order valence-corrected chi connectivity index (χ3v) is 3.36. The van der Waals surface area contributed by atoms with Gasteiger partial charge in [0.25, 0.3) is 10.1 Å². The molecule has 5 nitrogen and oxygen atoms in total. The first-order valence-corrected chi connectivity index (χ1v) is 7.05. The lowest BCUT2D eigenvalue weighted by Crippen LogP contribution is -2.42. The molecule has 1 aliphatic heterocycles. The van der Waals surface area contributed by atoms with E-state index in [1.165, 1.54) is 6.08 Å². The van der Waals surface area contributed by atoms with Gasteiger partial charge in [-0.3, -0.25) is 0 Å². The van der Waals surface area contributed by atoms with Crippen LogP contribution in [0, 0.1) is 0 Å². The number of hydrogen-bond acceptors (Lipinski definition) is 5. The zero-order valence-corrected chi connectivity index (χ0v) is 11.1. The van der Waals surface area contributed by atoms with Gasteiger partial charge in [-0.15, -0.1) is 19.7 Å². The molecule has 0 spiro atoms. The molecule has 18 heavy (non-hydrogen) atoms. The van der Waals surface area contributed by atoms with Gasteiger partial charge in [-0.1, -0.05) is 18.2 Å². The van der Waals surface area contributed by atoms with Crippen LogP contribution in [0.5, 0.6) is 0 Å². The third-order valence-electron chi connectivity index (χ3n) is 2.25. The highest BCUT2D eigenvalue weighted by Gasteiger charge is 2.30. The fourth-order valence-corrected chi connectivity index (χ4v) is 2.39. The summed E-state index contributed by atoms with van der Waals surface area (Å²) in [6.07, 6.45) is 7.49. The van der Waals surface area contributed by atoms with Crippen LogP contribution in [0.4, 0.5) is 0 Å². The summed E-state index contributed by atoms with van der Waals surface area (Å²) in [5, 5.41) is 0. The van der Waals surface area contributed by atoms with Crippen molar-refractivity contribution < 1.29 is 12.6 Å². The van der Waals surface area contributed by atoms with E-state index in [2.05, 4.69) is 19.7 Å². The summed E-state index contributed by atoms with van der Waals surface area (Å²) in [5.74, 6) is -0.215. The molecule has 0 aromatic heterocycles. The van der Waals surface area contributed by atoms with Crippen LogP contribution in [0.3, 0.4) is 0 Å². The Morgan fingerprint density at radius 1 is 1.06 bits per heavy atom. The fourth-order valence-electron chi connectivity index (χ4n) is 1.53. The highest BCUT2D eigenvalue weighted by Crippen LogP contribution is 2.19. The van der Waals surface area contributed by atoms with Crippen LogP contribution in [-0.2, 0) is 14.3 Å². The molecule has 0 atom stereocenters. The second kappa shape index (κ2) is 6.42. The SMILES string of the molecule is C=CCN1C=CN(CC=C)C1OS(=O)(=O)CC=C. The Labute approximate surface area is 108 Å². The van der Waals surface area contributed by atoms with Gasteiger partial charge in [0.2, 0.25) is 6.35 Å². The highest BCUT2D eigenvalue weighted by molar-refractivity contribution is 7.86. The average Bonchev–Trinajstić information content (AvgIpc) is 2.63. The van der Waals surface area contributed by atoms with Crippen molar-refractivity contribution in [1.82, 2.24) is 9.80 Å². The molecule has 0 radical (unpaired) electrons. The Hall–Kier alpha value is -1.53. The summed E-state index contributed by atoms with van der Waals surface area (Å²) in [6.45, 7) is 11.6. The van der Waals surface area contributed by atoms with Gasteiger partial charge in [0.05, 0.1) is 5.75 Å². The normalized spacial score (nSPS) is 16.0. The van der Waals surface area contributed by atoms with Crippen molar-refractivity contribution in [3.63, 3.8) is 0 Å². The molecular weight excluding hydrogens is 252 g/mol. The molecule has 0 amide bonds. The van der Waals surface area contributed by atoms with Crippen LogP contribution >= 0.6 is 0 Å². The minimum Gasteiger partial charge on any atom is -0.329 e. The molecule has 0 aromatic carbocycles. The van der Waals surface area contributed by atoms with Gasteiger partial charge in [0.1, 0.15) is 0 Å². The van der Waals surface area contributed by atoms with Gasteiger partial charge < -0.3 is 9.80 Å². The zero-order chi connectivity index (χ0) is 13.6. The molecule has 6 heteroatoms. The van der Waals surface area contributed by atoms with Gasteiger partial charge in [-0.2, -0.15) is 8.42 Å². The Bertz CT molecular complexity index is 422. The van der Waals surface area contributed by atoms with E-state index in [9.17, 15) is 8.42 Å². The number of nitrogens with zero attached hydrogens (tertiary/aromatic N) is 2. The van der Waals surface area contributed by atoms with Crippen LogP contribution in [0.2, 0.25) is 0 Å². The second-order valence-corrected chi connectivity index (χ2v) is 5.35. The monoisotopic (exact) mass is 270 g/mol. The summed E-state index contributed by atoms with van der Waals surface area (Å²) < 4.78 is 28.5. The van der Waals surface area contributed by atoms with Gasteiger partial charge in [0.15, 0.2) is 0 Å². The van der Waals surface area contributed by atoms with Crippen molar-refractivity contribution in [2.75, 3.05) is 18.8 Å². The summed E-state index contributed by atoms with van der Waals surface area (Å²) in [5.41, 5.74) is 0. The highest BCUT2D eigenvalue weighted by atomic mass is 32.2. The lowest BCUT2D eigenvalue weighted by molar-refractivity contribution is -0.00952. The van der Waals surface area contributed by atoms with E-state index < -0.39 is 16.5 Å². The largest absolute Gasteiger partial charge is 0.329 e. The van der Waals surface area contributed by atoms with Crippen molar-refractivity contribution in [1.29, 1.82) is 0 Å². The van der Waals surface area contributed by atoms with E-state index in [0.717, 1.165) is 0 Å². The first-order chi connectivity index (χ1) is 8.54. The van der Waals surface area contributed by atoms with Gasteiger partial charge in [-0.25, -0.2) is 4.18 Å². The predicted molar refractivity (Wildman–Crippen MR) is 71.8 cm³/mol. The Morgan fingerprint density at radius 2 is 1.56 bits per heavy atom. The molecule has 0 saturated heterocycles. The first kappa shape index (κ1) is 14.5. The third kappa shape index (κ3) is 3.75. The summed E-state index contributed by atoms with van der Waals surface area (Å²) in [6, 6.07) is 0. The molecule has 0 aromatic rings. The Morgan fingerprint density at radius 3 is 1.94 bits per heavy atom. The molecule has 100 valence electrons. The smallest absolute Gasteiger partial charge is 0.274 e. The topological polar surface area (TPSA) is 49.9 Å². The van der Waals surface area contributed by atoms with Gasteiger partial charge in [0, 0.05) is 25.5 Å². The summed E-state index contributed by atoms with van der Waals surface area (Å²) in [4.78, 5) is 3.47. The minimum atomic E-state index is -3.63. The average molecular weight is 270 g/mol. The summed E-state index contributed by atoms with van der Waals surface area (Å²) >= 11 is 0. The Balaban J connectivity index is 2.81. The van der Waals surface area contributed by atoms with Crippen LogP contribution in [0.1, 0.15) is 0 Å². The van der Waals surface area contributed by atoms with Gasteiger partial charge >= 0.3 is 0 Å². The van der Waals surface area contributed by atoms with E-state index in [-0.39, 0.29) is 5.75 Å². The lowest BCUT2D eigenvalue weighted by Gasteiger charge is -2.30. The fraction of sp³-hybridized carbons (Fsp3) is 0.333. The quantitative estimate of drug-likeness (QED) is 0.491. The van der Waals surface area contributed by atoms with E-state index in [0.29, 0.717) is 13.1 Å². The molecule has 0 aliphatic carbocycles. The molecule has 0 unspecified atom stereocenters. The Kier molecular flexibility index (Phi) is 5.18. The molecule has 0 N–H and O–H groups in total. The standard InChI is InChI=1S/C12H18N2O3S/c1-4-7-13-9-10-14(8-5-2)12(13)17-18(15,16)11-6-3/h4-6,9-10,12H,1-3,7-8,11H2. The number of hydrogen-bond donors (Lipinski definition) is 0. The van der Waals surface area contributed by atoms with Crippen molar-refractivity contribution in [3.8, 4) is 0 Å². The van der Waals surface area contributed by atoms with E-state index >= 15 is 0 Å². The molecular formula is C12H18N2O3S. The molecule has 1 aliphatic rings. The van der Waals surface area contributed by atoms with Gasteiger partial charge in [-0.05, 0) is 0 Å². The van der Waals surface area contributed by atoms with Crippen molar-refractivity contribution in [2.24, 2.45) is 0 Å². The first-order valence-electron chi connectivity index (χ1n) is 5.47. The molecule has 0 fully saturated rings. The van der Waals surface area contributed by atoms with E-state index in [1.54, 1.807) is 34.4 Å². The number of rotatable bonds is 8. The lowest BCUT2D eigenvalue weighted by atomic mass is 10.5. The maximum atomic E-state index is 11.7. The molecule has 1 rings (SSSR count). The van der Waals surface area contributed by atoms with Crippen LogP contribution in [0.25, 0.3) is 0 Å². The van der Waals surface area contributed by atoms with Crippen LogP contribution in [-0.4, -0.2) is 43.4 Å². The second-order valence-electron chi connectivity index (χ2n) is 3.70. The van der Waals surface area contributed by atoms with Crippen LogP contribution in [0.15, 0.2) is 50.4 Å². The summed E-state index contributed by atoms with van der Waals surface area (Å²) in [7, 11) is -3.63. The van der Waals surface area contributed by atoms with Crippen LogP contribution < -0.4 is 0 Å². The van der Waals surface area contributed by atoms with Crippen molar-refractivity contribution in [3.05, 3.63) is 50.4 Å². The molecule has 0 bridgehead atoms. The minimum absolute atomic E-state index is 0.215. The zero-order valence-electron chi connectivity index (χ0n) is 10.2. The van der Waals surface area contributed by atoms with Crippen molar-refractivity contribution in [2.45, 2.75) is 6.35 Å². The maximum absolute atomic E-state index is 11.7. The molecule has 1 heterocycles. The van der Waals surface area contributed by atoms with E-state index in [4.69, 9.17) is 4.18 Å².